The number of pyridine rings is 2. The highest BCUT2D eigenvalue weighted by atomic mass is 32.2. The van der Waals surface area contributed by atoms with Gasteiger partial charge in [-0.1, -0.05) is 30.3 Å². The SMILES string of the molecule is O=C(O)C12CCC(O1)C(Nc1cccc(SNc3ccc(C(F)(F)F)c(-c4ccccc4C4CC4)n3)n1)C2. The molecule has 198 valence electrons. The highest BCUT2D eigenvalue weighted by Crippen LogP contribution is 2.47. The standard InChI is InChI=1S/C27H25F3N4O3S/c28-27(29,30)18-10-11-22(33-24(18)17-5-2-1-4-16(17)15-8-9-15)34-38-23-7-3-6-21(32-23)31-19-14-26(25(35)36)13-12-20(19)37-26/h1-7,10-11,15,19-20H,8-9,12-14H2,(H,31,32)(H,33,34)(H,35,36). The number of benzene rings is 1. The predicted octanol–water partition coefficient (Wildman–Crippen LogP) is 6.35. The van der Waals surface area contributed by atoms with Gasteiger partial charge in [0.1, 0.15) is 16.7 Å². The first-order valence-electron chi connectivity index (χ1n) is 12.5. The molecule has 0 spiro atoms. The fourth-order valence-electron chi connectivity index (χ4n) is 5.35. The van der Waals surface area contributed by atoms with Gasteiger partial charge in [0.2, 0.25) is 0 Å². The Morgan fingerprint density at radius 3 is 2.58 bits per heavy atom. The van der Waals surface area contributed by atoms with Crippen molar-refractivity contribution < 1.29 is 27.8 Å². The van der Waals surface area contributed by atoms with Gasteiger partial charge in [0.25, 0.3) is 0 Å². The normalized spacial score (nSPS) is 24.4. The molecule has 6 rings (SSSR count). The van der Waals surface area contributed by atoms with Gasteiger partial charge >= 0.3 is 12.1 Å². The number of halogens is 3. The van der Waals surface area contributed by atoms with Crippen LogP contribution < -0.4 is 10.0 Å². The van der Waals surface area contributed by atoms with Gasteiger partial charge in [0.15, 0.2) is 5.60 Å². The summed E-state index contributed by atoms with van der Waals surface area (Å²) in [5.41, 5.74) is -0.576. The number of aromatic nitrogens is 2. The summed E-state index contributed by atoms with van der Waals surface area (Å²) < 4.78 is 50.4. The zero-order chi connectivity index (χ0) is 26.5. The zero-order valence-corrected chi connectivity index (χ0v) is 21.0. The third kappa shape index (κ3) is 4.80. The summed E-state index contributed by atoms with van der Waals surface area (Å²) in [6.45, 7) is 0. The Bertz CT molecular complexity index is 1380. The molecular weight excluding hydrogens is 517 g/mol. The predicted molar refractivity (Wildman–Crippen MR) is 137 cm³/mol. The molecule has 3 N–H and O–H groups in total. The van der Waals surface area contributed by atoms with Crippen LogP contribution in [-0.2, 0) is 15.7 Å². The van der Waals surface area contributed by atoms with E-state index in [0.29, 0.717) is 35.7 Å². The average Bonchev–Trinajstić information content (AvgIpc) is 3.57. The maximum absolute atomic E-state index is 13.9. The van der Waals surface area contributed by atoms with Crippen LogP contribution in [0, 0.1) is 0 Å². The van der Waals surface area contributed by atoms with Crippen molar-refractivity contribution in [2.75, 3.05) is 10.0 Å². The first kappa shape index (κ1) is 25.0. The molecule has 2 saturated heterocycles. The monoisotopic (exact) mass is 542 g/mol. The topological polar surface area (TPSA) is 96.4 Å². The summed E-state index contributed by atoms with van der Waals surface area (Å²) in [6.07, 6.45) is -1.24. The van der Waals surface area contributed by atoms with Crippen molar-refractivity contribution in [3.63, 3.8) is 0 Å². The summed E-state index contributed by atoms with van der Waals surface area (Å²) in [4.78, 5) is 20.6. The van der Waals surface area contributed by atoms with Crippen LogP contribution in [0.4, 0.5) is 24.8 Å². The molecule has 7 nitrogen and oxygen atoms in total. The van der Waals surface area contributed by atoms with Gasteiger partial charge in [-0.25, -0.2) is 14.8 Å². The number of fused-ring (bicyclic) bond motifs is 2. The van der Waals surface area contributed by atoms with Crippen LogP contribution in [0.5, 0.6) is 0 Å². The van der Waals surface area contributed by atoms with Gasteiger partial charge in [0, 0.05) is 23.9 Å². The van der Waals surface area contributed by atoms with Gasteiger partial charge in [-0.2, -0.15) is 13.2 Å². The molecule has 3 unspecified atom stereocenters. The molecule has 11 heteroatoms. The van der Waals surface area contributed by atoms with Crippen molar-refractivity contribution >= 4 is 29.6 Å². The highest BCUT2D eigenvalue weighted by Gasteiger charge is 2.57. The number of nitrogens with one attached hydrogen (secondary N) is 2. The van der Waals surface area contributed by atoms with Gasteiger partial charge in [-0.15, -0.1) is 0 Å². The molecule has 1 aliphatic carbocycles. The molecule has 0 amide bonds. The number of alkyl halides is 3. The summed E-state index contributed by atoms with van der Waals surface area (Å²) in [5.74, 6) is 0.186. The van der Waals surface area contributed by atoms with Gasteiger partial charge in [0.05, 0.1) is 23.4 Å². The molecule has 3 aliphatic rings. The molecule has 0 radical (unpaired) electrons. The second kappa shape index (κ2) is 9.46. The van der Waals surface area contributed by atoms with E-state index in [1.807, 2.05) is 12.1 Å². The van der Waals surface area contributed by atoms with E-state index in [1.54, 1.807) is 30.3 Å². The second-order valence-electron chi connectivity index (χ2n) is 9.97. The van der Waals surface area contributed by atoms with E-state index in [2.05, 4.69) is 20.0 Å². The Kier molecular flexibility index (Phi) is 6.22. The third-order valence-electron chi connectivity index (χ3n) is 7.35. The lowest BCUT2D eigenvalue weighted by Crippen LogP contribution is -2.39. The molecule has 3 atom stereocenters. The molecule has 1 saturated carbocycles. The fraction of sp³-hybridized carbons (Fsp3) is 0.370. The summed E-state index contributed by atoms with van der Waals surface area (Å²) in [7, 11) is 0. The van der Waals surface area contributed by atoms with Crippen LogP contribution in [0.3, 0.4) is 0 Å². The van der Waals surface area contributed by atoms with Crippen molar-refractivity contribution in [1.29, 1.82) is 0 Å². The number of hydrogen-bond donors (Lipinski definition) is 3. The molecule has 3 fully saturated rings. The third-order valence-corrected chi connectivity index (χ3v) is 8.10. The van der Waals surface area contributed by atoms with Crippen LogP contribution in [0.2, 0.25) is 0 Å². The van der Waals surface area contributed by atoms with Crippen molar-refractivity contribution in [3.8, 4) is 11.3 Å². The number of hydrogen-bond acceptors (Lipinski definition) is 7. The number of ether oxygens (including phenoxy) is 1. The number of nitrogens with zero attached hydrogens (tertiary/aromatic N) is 2. The minimum absolute atomic E-state index is 0.0855. The van der Waals surface area contributed by atoms with Gasteiger partial charge < -0.3 is 19.9 Å². The van der Waals surface area contributed by atoms with E-state index in [4.69, 9.17) is 4.74 Å². The maximum atomic E-state index is 13.9. The average molecular weight is 543 g/mol. The lowest BCUT2D eigenvalue weighted by Gasteiger charge is -2.24. The van der Waals surface area contributed by atoms with Gasteiger partial charge in [-0.3, -0.25) is 0 Å². The smallest absolute Gasteiger partial charge is 0.418 e. The molecule has 1 aromatic carbocycles. The number of aliphatic carboxylic acids is 1. The van der Waals surface area contributed by atoms with Crippen LogP contribution in [-0.4, -0.2) is 38.8 Å². The molecule has 38 heavy (non-hydrogen) atoms. The highest BCUT2D eigenvalue weighted by molar-refractivity contribution is 8.00. The van der Waals surface area contributed by atoms with E-state index in [9.17, 15) is 23.1 Å². The van der Waals surface area contributed by atoms with E-state index in [1.165, 1.54) is 6.07 Å². The second-order valence-corrected chi connectivity index (χ2v) is 10.8. The molecule has 2 aliphatic heterocycles. The maximum Gasteiger partial charge on any atom is 0.418 e. The minimum atomic E-state index is -4.53. The Hall–Kier alpha value is -3.31. The molecule has 3 aromatic rings. The number of carboxylic acids is 1. The van der Waals surface area contributed by atoms with Crippen LogP contribution in [0.1, 0.15) is 49.1 Å². The van der Waals surface area contributed by atoms with Crippen molar-refractivity contribution in [2.45, 2.75) is 67.0 Å². The van der Waals surface area contributed by atoms with Crippen molar-refractivity contribution in [1.82, 2.24) is 9.97 Å². The number of carbonyl (C=O) groups is 1. The van der Waals surface area contributed by atoms with Crippen LogP contribution >= 0.6 is 11.9 Å². The quantitative estimate of drug-likeness (QED) is 0.284. The summed E-state index contributed by atoms with van der Waals surface area (Å²) >= 11 is 1.13. The van der Waals surface area contributed by atoms with E-state index >= 15 is 0 Å². The Balaban J connectivity index is 1.19. The minimum Gasteiger partial charge on any atom is -0.479 e. The number of rotatable bonds is 8. The largest absolute Gasteiger partial charge is 0.479 e. The molecule has 2 bridgehead atoms. The Labute approximate surface area is 221 Å². The van der Waals surface area contributed by atoms with Crippen LogP contribution in [0.15, 0.2) is 59.6 Å². The first-order chi connectivity index (χ1) is 18.2. The lowest BCUT2D eigenvalue weighted by molar-refractivity contribution is -0.158. The fourth-order valence-corrected chi connectivity index (χ4v) is 5.96. The van der Waals surface area contributed by atoms with Crippen molar-refractivity contribution in [3.05, 3.63) is 65.7 Å². The summed E-state index contributed by atoms with van der Waals surface area (Å²) in [5, 5.41) is 13.4. The van der Waals surface area contributed by atoms with Gasteiger partial charge in [-0.05, 0) is 61.4 Å². The summed E-state index contributed by atoms with van der Waals surface area (Å²) in [6, 6.07) is 14.7. The Morgan fingerprint density at radius 2 is 1.84 bits per heavy atom. The van der Waals surface area contributed by atoms with E-state index in [0.717, 1.165) is 36.4 Å². The molecule has 4 heterocycles. The van der Waals surface area contributed by atoms with E-state index < -0.39 is 23.3 Å². The molecular formula is C27H25F3N4O3S. The van der Waals surface area contributed by atoms with Crippen molar-refractivity contribution in [2.24, 2.45) is 0 Å². The van der Waals surface area contributed by atoms with E-state index in [-0.39, 0.29) is 29.6 Å². The van der Waals surface area contributed by atoms with Crippen LogP contribution in [0.25, 0.3) is 11.3 Å². The molecule has 2 aromatic heterocycles. The lowest BCUT2D eigenvalue weighted by atomic mass is 9.85. The number of anilines is 2. The zero-order valence-electron chi connectivity index (χ0n) is 20.2. The first-order valence-corrected chi connectivity index (χ1v) is 13.3. The number of carboxylic acid groups (broad SMARTS) is 1. The Morgan fingerprint density at radius 1 is 1.03 bits per heavy atom.